The largest absolute Gasteiger partial charge is 0.507 e. The summed E-state index contributed by atoms with van der Waals surface area (Å²) in [5.41, 5.74) is 2.17. The monoisotopic (exact) mass is 499 g/mol. The average Bonchev–Trinajstić information content (AvgIpc) is 3.01. The number of fused-ring (bicyclic) bond motifs is 1. The van der Waals surface area contributed by atoms with E-state index in [-0.39, 0.29) is 11.5 Å². The number of halogens is 2. The van der Waals surface area contributed by atoms with E-state index in [0.717, 1.165) is 4.47 Å². The molecule has 0 spiro atoms. The molecular weight excluding hydrogens is 486 g/mol. The summed E-state index contributed by atoms with van der Waals surface area (Å²) in [6.07, 6.45) is 1.68. The van der Waals surface area contributed by atoms with Gasteiger partial charge in [0.25, 0.3) is 5.91 Å². The van der Waals surface area contributed by atoms with Gasteiger partial charge in [-0.1, -0.05) is 39.7 Å². The maximum absolute atomic E-state index is 13.5. The third kappa shape index (κ3) is 3.56. The molecule has 4 rings (SSSR count). The predicted octanol–water partition coefficient (Wildman–Crippen LogP) is 5.73. The Balaban J connectivity index is 1.94. The second-order valence-electron chi connectivity index (χ2n) is 6.69. The molecule has 0 aromatic heterocycles. The number of carboxylic acids is 1. The maximum Gasteiger partial charge on any atom is 0.339 e. The third-order valence-electron chi connectivity index (χ3n) is 4.93. The fourth-order valence-corrected chi connectivity index (χ4v) is 4.33. The molecule has 0 aliphatic carbocycles. The number of carbonyl (C=O) groups excluding carboxylic acids is 1. The van der Waals surface area contributed by atoms with Crippen LogP contribution in [0, 0.1) is 0 Å². The zero-order valence-electron chi connectivity index (χ0n) is 16.1. The number of nitrogens with zero attached hydrogens (tertiary/aromatic N) is 1. The molecule has 1 amide bonds. The molecule has 1 aliphatic heterocycles. The van der Waals surface area contributed by atoms with Gasteiger partial charge in [-0.05, 0) is 42.5 Å². The first-order valence-electron chi connectivity index (χ1n) is 9.07. The molecule has 0 saturated heterocycles. The van der Waals surface area contributed by atoms with Gasteiger partial charge in [0.1, 0.15) is 17.1 Å². The summed E-state index contributed by atoms with van der Waals surface area (Å²) in [4.78, 5) is 26.2. The SMILES string of the molecule is COc1cccc2c1/C(=C\c1c(Cl)cccc1Br)C(=O)N2c1ccc(C(=O)O)c(O)c1. The molecule has 0 saturated carbocycles. The number of phenols is 1. The second kappa shape index (κ2) is 8.09. The minimum absolute atomic E-state index is 0.253. The zero-order valence-corrected chi connectivity index (χ0v) is 18.4. The van der Waals surface area contributed by atoms with Crippen LogP contribution in [-0.4, -0.2) is 29.2 Å². The molecule has 3 aromatic carbocycles. The van der Waals surface area contributed by atoms with E-state index in [1.807, 2.05) is 6.07 Å². The molecule has 2 N–H and O–H groups in total. The average molecular weight is 501 g/mol. The number of carboxylic acid groups (broad SMARTS) is 1. The smallest absolute Gasteiger partial charge is 0.339 e. The lowest BCUT2D eigenvalue weighted by Crippen LogP contribution is -2.20. The van der Waals surface area contributed by atoms with Gasteiger partial charge in [-0.2, -0.15) is 0 Å². The van der Waals surface area contributed by atoms with Crippen LogP contribution in [0.1, 0.15) is 21.5 Å². The molecule has 0 fully saturated rings. The van der Waals surface area contributed by atoms with Crippen molar-refractivity contribution in [2.75, 3.05) is 12.0 Å². The standard InChI is InChI=1S/C23H15BrClNO5/c1-31-20-7-3-6-18-21(20)15(11-14-16(24)4-2-5-17(14)25)22(28)26(18)12-8-9-13(23(29)30)19(27)10-12/h2-11,27H,1H3,(H,29,30)/b15-11+. The van der Waals surface area contributed by atoms with Crippen LogP contribution in [0.15, 0.2) is 59.1 Å². The molecule has 31 heavy (non-hydrogen) atoms. The highest BCUT2D eigenvalue weighted by Crippen LogP contribution is 2.47. The molecular formula is C23H15BrClNO5. The van der Waals surface area contributed by atoms with Crippen molar-refractivity contribution >= 4 is 62.4 Å². The Morgan fingerprint density at radius 1 is 1.16 bits per heavy atom. The Kier molecular flexibility index (Phi) is 5.47. The van der Waals surface area contributed by atoms with E-state index in [9.17, 15) is 19.8 Å². The van der Waals surface area contributed by atoms with Crippen LogP contribution in [0.4, 0.5) is 11.4 Å². The summed E-state index contributed by atoms with van der Waals surface area (Å²) in [5, 5.41) is 19.8. The van der Waals surface area contributed by atoms with Crippen molar-refractivity contribution in [2.24, 2.45) is 0 Å². The highest BCUT2D eigenvalue weighted by Gasteiger charge is 2.36. The van der Waals surface area contributed by atoms with Crippen molar-refractivity contribution in [2.45, 2.75) is 0 Å². The van der Waals surface area contributed by atoms with Gasteiger partial charge in [-0.3, -0.25) is 9.69 Å². The molecule has 3 aromatic rings. The van der Waals surface area contributed by atoms with Crippen molar-refractivity contribution in [1.82, 2.24) is 0 Å². The lowest BCUT2D eigenvalue weighted by molar-refractivity contribution is -0.112. The van der Waals surface area contributed by atoms with Crippen molar-refractivity contribution in [3.8, 4) is 11.5 Å². The van der Waals surface area contributed by atoms with E-state index in [4.69, 9.17) is 16.3 Å². The van der Waals surface area contributed by atoms with Crippen molar-refractivity contribution in [3.05, 3.63) is 80.8 Å². The summed E-state index contributed by atoms with van der Waals surface area (Å²) in [6.45, 7) is 0. The number of aromatic hydroxyl groups is 1. The lowest BCUT2D eigenvalue weighted by Gasteiger charge is -2.18. The second-order valence-corrected chi connectivity index (χ2v) is 7.96. The summed E-state index contributed by atoms with van der Waals surface area (Å²) < 4.78 is 6.22. The Bertz CT molecular complexity index is 1250. The van der Waals surface area contributed by atoms with Gasteiger partial charge < -0.3 is 14.9 Å². The van der Waals surface area contributed by atoms with Gasteiger partial charge in [0.2, 0.25) is 0 Å². The molecule has 0 radical (unpaired) electrons. The van der Waals surface area contributed by atoms with Gasteiger partial charge in [0.05, 0.1) is 29.6 Å². The topological polar surface area (TPSA) is 87.1 Å². The highest BCUT2D eigenvalue weighted by molar-refractivity contribution is 9.10. The number of carbonyl (C=O) groups is 2. The van der Waals surface area contributed by atoms with Crippen LogP contribution < -0.4 is 9.64 Å². The minimum atomic E-state index is -1.26. The van der Waals surface area contributed by atoms with Crippen LogP contribution in [0.25, 0.3) is 11.6 Å². The molecule has 0 bridgehead atoms. The first-order chi connectivity index (χ1) is 14.8. The number of amides is 1. The molecule has 0 unspecified atom stereocenters. The number of anilines is 2. The highest BCUT2D eigenvalue weighted by atomic mass is 79.9. The molecule has 8 heteroatoms. The van der Waals surface area contributed by atoms with Crippen LogP contribution in [0.3, 0.4) is 0 Å². The van der Waals surface area contributed by atoms with E-state index in [1.165, 1.54) is 30.2 Å². The number of rotatable bonds is 4. The van der Waals surface area contributed by atoms with Crippen LogP contribution in [-0.2, 0) is 4.79 Å². The van der Waals surface area contributed by atoms with Crippen molar-refractivity contribution < 1.29 is 24.5 Å². The minimum Gasteiger partial charge on any atom is -0.507 e. The van der Waals surface area contributed by atoms with Crippen LogP contribution in [0.5, 0.6) is 11.5 Å². The summed E-state index contributed by atoms with van der Waals surface area (Å²) in [5.74, 6) is -1.57. The Morgan fingerprint density at radius 2 is 1.90 bits per heavy atom. The quantitative estimate of drug-likeness (QED) is 0.447. The zero-order chi connectivity index (χ0) is 22.3. The Labute approximate surface area is 191 Å². The van der Waals surface area contributed by atoms with Crippen molar-refractivity contribution in [3.63, 3.8) is 0 Å². The lowest BCUT2D eigenvalue weighted by atomic mass is 10.0. The Hall–Kier alpha value is -3.29. The van der Waals surface area contributed by atoms with Gasteiger partial charge >= 0.3 is 5.97 Å². The molecule has 6 nitrogen and oxygen atoms in total. The van der Waals surface area contributed by atoms with E-state index in [1.54, 1.807) is 36.4 Å². The molecule has 1 heterocycles. The summed E-state index contributed by atoms with van der Waals surface area (Å²) in [7, 11) is 1.51. The van der Waals surface area contributed by atoms with Gasteiger partial charge in [-0.25, -0.2) is 4.79 Å². The van der Waals surface area contributed by atoms with Crippen molar-refractivity contribution in [1.29, 1.82) is 0 Å². The molecule has 0 atom stereocenters. The normalized spacial score (nSPS) is 14.1. The Morgan fingerprint density at radius 3 is 2.55 bits per heavy atom. The van der Waals surface area contributed by atoms with E-state index in [2.05, 4.69) is 15.9 Å². The number of methoxy groups -OCH3 is 1. The molecule has 1 aliphatic rings. The van der Waals surface area contributed by atoms with E-state index in [0.29, 0.717) is 38.8 Å². The number of ether oxygens (including phenoxy) is 1. The van der Waals surface area contributed by atoms with Gasteiger partial charge in [-0.15, -0.1) is 0 Å². The maximum atomic E-state index is 13.5. The van der Waals surface area contributed by atoms with Crippen LogP contribution in [0.2, 0.25) is 5.02 Å². The number of hydrogen-bond acceptors (Lipinski definition) is 4. The number of aromatic carboxylic acids is 1. The fourth-order valence-electron chi connectivity index (χ4n) is 3.51. The first kappa shape index (κ1) is 21.0. The van der Waals surface area contributed by atoms with Gasteiger partial charge in [0.15, 0.2) is 0 Å². The summed E-state index contributed by atoms with van der Waals surface area (Å²) >= 11 is 9.83. The predicted molar refractivity (Wildman–Crippen MR) is 122 cm³/mol. The van der Waals surface area contributed by atoms with E-state index >= 15 is 0 Å². The van der Waals surface area contributed by atoms with Crippen LogP contribution >= 0.6 is 27.5 Å². The fraction of sp³-hybridized carbons (Fsp3) is 0.0435. The van der Waals surface area contributed by atoms with E-state index < -0.39 is 11.7 Å². The van der Waals surface area contributed by atoms with Gasteiger partial charge in [0, 0.05) is 21.1 Å². The third-order valence-corrected chi connectivity index (χ3v) is 5.95. The number of benzene rings is 3. The first-order valence-corrected chi connectivity index (χ1v) is 10.2. The number of hydrogen-bond donors (Lipinski definition) is 2. The summed E-state index contributed by atoms with van der Waals surface area (Å²) in [6, 6.07) is 14.6. The molecule has 156 valence electrons.